The topological polar surface area (TPSA) is 43.8 Å². The summed E-state index contributed by atoms with van der Waals surface area (Å²) in [6.07, 6.45) is 1.12. The van der Waals surface area contributed by atoms with Crippen LogP contribution >= 0.6 is 0 Å². The first-order chi connectivity index (χ1) is 7.38. The van der Waals surface area contributed by atoms with Gasteiger partial charge in [-0.3, -0.25) is 4.79 Å². The van der Waals surface area contributed by atoms with E-state index in [4.69, 9.17) is 0 Å². The normalized spacial score (nSPS) is 24.9. The van der Waals surface area contributed by atoms with Crippen LogP contribution in [-0.4, -0.2) is 60.6 Å². The van der Waals surface area contributed by atoms with E-state index in [1.54, 1.807) is 0 Å². The molecule has 2 fully saturated rings. The van der Waals surface area contributed by atoms with Gasteiger partial charge in [-0.1, -0.05) is 0 Å². The first kappa shape index (κ1) is 11.9. The van der Waals surface area contributed by atoms with E-state index >= 15 is 0 Å². The molecule has 4 nitrogen and oxygen atoms in total. The Morgan fingerprint density at radius 1 is 1.38 bits per heavy atom. The Kier molecular flexibility index (Phi) is 2.75. The molecule has 0 bridgehead atoms. The van der Waals surface area contributed by atoms with E-state index in [0.29, 0.717) is 5.41 Å². The van der Waals surface area contributed by atoms with E-state index in [9.17, 15) is 9.90 Å². The van der Waals surface area contributed by atoms with Gasteiger partial charge in [0.25, 0.3) is 0 Å². The highest BCUT2D eigenvalue weighted by atomic mass is 16.3. The smallest absolute Gasteiger partial charge is 0.230 e. The fourth-order valence-electron chi connectivity index (χ4n) is 2.96. The largest absolute Gasteiger partial charge is 0.395 e. The lowest BCUT2D eigenvalue weighted by atomic mass is 9.79. The summed E-state index contributed by atoms with van der Waals surface area (Å²) in [6.45, 7) is 7.50. The highest BCUT2D eigenvalue weighted by molar-refractivity contribution is 5.82. The third-order valence-electron chi connectivity index (χ3n) is 3.91. The molecule has 2 saturated heterocycles. The molecular weight excluding hydrogens is 204 g/mol. The fraction of sp³-hybridized carbons (Fsp3) is 0.917. The van der Waals surface area contributed by atoms with Crippen molar-refractivity contribution >= 4 is 5.91 Å². The number of aliphatic hydroxyl groups excluding tert-OH is 1. The summed E-state index contributed by atoms with van der Waals surface area (Å²) in [7, 11) is 2.12. The quantitative estimate of drug-likeness (QED) is 0.730. The van der Waals surface area contributed by atoms with Crippen LogP contribution in [0.15, 0.2) is 0 Å². The van der Waals surface area contributed by atoms with Gasteiger partial charge < -0.3 is 14.9 Å². The summed E-state index contributed by atoms with van der Waals surface area (Å²) in [6, 6.07) is 0. The summed E-state index contributed by atoms with van der Waals surface area (Å²) in [5, 5.41) is 9.21. The first-order valence-corrected chi connectivity index (χ1v) is 5.97. The molecular formula is C12H22N2O2. The van der Waals surface area contributed by atoms with E-state index in [1.165, 1.54) is 0 Å². The van der Waals surface area contributed by atoms with Crippen LogP contribution in [0.5, 0.6) is 0 Å². The molecule has 0 radical (unpaired) electrons. The van der Waals surface area contributed by atoms with Gasteiger partial charge in [-0.25, -0.2) is 0 Å². The monoisotopic (exact) mass is 226 g/mol. The molecule has 0 aliphatic carbocycles. The Bertz CT molecular complexity index is 295. The summed E-state index contributed by atoms with van der Waals surface area (Å²) in [5.74, 6) is 0.0985. The minimum atomic E-state index is -0.624. The number of carbonyl (C=O) groups is 1. The standard InChI is InChI=1S/C12H22N2O2/c1-11(2,9-15)10(16)14-5-4-12(8-14)6-13(3)7-12/h15H,4-9H2,1-3H3. The predicted octanol–water partition coefficient (Wildman–Crippen LogP) is 0.169. The third kappa shape index (κ3) is 1.84. The van der Waals surface area contributed by atoms with Crippen LogP contribution in [0.3, 0.4) is 0 Å². The van der Waals surface area contributed by atoms with Crippen LogP contribution in [0.2, 0.25) is 0 Å². The minimum absolute atomic E-state index is 0.0742. The van der Waals surface area contributed by atoms with E-state index < -0.39 is 5.41 Å². The Morgan fingerprint density at radius 3 is 2.50 bits per heavy atom. The van der Waals surface area contributed by atoms with Crippen LogP contribution in [0.25, 0.3) is 0 Å². The van der Waals surface area contributed by atoms with Gasteiger partial charge in [0, 0.05) is 31.6 Å². The molecule has 0 aromatic heterocycles. The number of hydrogen-bond acceptors (Lipinski definition) is 3. The Balaban J connectivity index is 1.97. The maximum Gasteiger partial charge on any atom is 0.230 e. The van der Waals surface area contributed by atoms with Crippen molar-refractivity contribution in [1.82, 2.24) is 9.80 Å². The van der Waals surface area contributed by atoms with E-state index in [0.717, 1.165) is 32.6 Å². The van der Waals surface area contributed by atoms with Crippen LogP contribution in [-0.2, 0) is 4.79 Å². The van der Waals surface area contributed by atoms with E-state index in [2.05, 4.69) is 11.9 Å². The van der Waals surface area contributed by atoms with Gasteiger partial charge in [0.05, 0.1) is 12.0 Å². The van der Waals surface area contributed by atoms with Crippen molar-refractivity contribution in [2.24, 2.45) is 10.8 Å². The van der Waals surface area contributed by atoms with Crippen molar-refractivity contribution in [3.05, 3.63) is 0 Å². The number of likely N-dealkylation sites (tertiary alicyclic amines) is 2. The first-order valence-electron chi connectivity index (χ1n) is 5.97. The van der Waals surface area contributed by atoms with Crippen molar-refractivity contribution < 1.29 is 9.90 Å². The highest BCUT2D eigenvalue weighted by Gasteiger charge is 2.48. The molecule has 0 atom stereocenters. The number of hydrogen-bond donors (Lipinski definition) is 1. The van der Waals surface area contributed by atoms with Crippen molar-refractivity contribution in [1.29, 1.82) is 0 Å². The molecule has 1 amide bonds. The molecule has 2 aliphatic rings. The second-order valence-corrected chi connectivity index (χ2v) is 6.19. The van der Waals surface area contributed by atoms with Gasteiger partial charge in [0.1, 0.15) is 0 Å². The average molecular weight is 226 g/mol. The number of rotatable bonds is 2. The lowest BCUT2D eigenvalue weighted by molar-refractivity contribution is -0.142. The summed E-state index contributed by atoms with van der Waals surface area (Å²) < 4.78 is 0. The predicted molar refractivity (Wildman–Crippen MR) is 62.0 cm³/mol. The van der Waals surface area contributed by atoms with Crippen molar-refractivity contribution in [2.45, 2.75) is 20.3 Å². The summed E-state index contributed by atoms with van der Waals surface area (Å²) in [5.41, 5.74) is -0.267. The molecule has 92 valence electrons. The third-order valence-corrected chi connectivity index (χ3v) is 3.91. The van der Waals surface area contributed by atoms with Crippen LogP contribution in [0.1, 0.15) is 20.3 Å². The summed E-state index contributed by atoms with van der Waals surface area (Å²) >= 11 is 0. The average Bonchev–Trinajstić information content (AvgIpc) is 2.61. The molecule has 0 aromatic rings. The number of carbonyl (C=O) groups excluding carboxylic acids is 1. The molecule has 2 heterocycles. The maximum absolute atomic E-state index is 12.2. The molecule has 4 heteroatoms. The van der Waals surface area contributed by atoms with Gasteiger partial charge in [0.15, 0.2) is 0 Å². The van der Waals surface area contributed by atoms with E-state index in [-0.39, 0.29) is 12.5 Å². The van der Waals surface area contributed by atoms with Gasteiger partial charge in [0.2, 0.25) is 5.91 Å². The zero-order valence-corrected chi connectivity index (χ0v) is 10.5. The van der Waals surface area contributed by atoms with E-state index in [1.807, 2.05) is 18.7 Å². The number of aliphatic hydroxyl groups is 1. The number of amides is 1. The van der Waals surface area contributed by atoms with Gasteiger partial charge >= 0.3 is 0 Å². The maximum atomic E-state index is 12.2. The second-order valence-electron chi connectivity index (χ2n) is 6.19. The van der Waals surface area contributed by atoms with Crippen molar-refractivity contribution in [3.8, 4) is 0 Å². The zero-order valence-electron chi connectivity index (χ0n) is 10.5. The highest BCUT2D eigenvalue weighted by Crippen LogP contribution is 2.39. The Hall–Kier alpha value is -0.610. The van der Waals surface area contributed by atoms with Crippen LogP contribution < -0.4 is 0 Å². The summed E-state index contributed by atoms with van der Waals surface area (Å²) in [4.78, 5) is 16.4. The second kappa shape index (κ2) is 3.70. The lowest BCUT2D eigenvalue weighted by Gasteiger charge is -2.46. The van der Waals surface area contributed by atoms with Crippen molar-refractivity contribution in [2.75, 3.05) is 39.8 Å². The Labute approximate surface area is 97.2 Å². The SMILES string of the molecule is CN1CC2(CCN(C(=O)C(C)(C)CO)C2)C1. The molecule has 1 spiro atoms. The molecule has 1 N–H and O–H groups in total. The van der Waals surface area contributed by atoms with Gasteiger partial charge in [-0.2, -0.15) is 0 Å². The van der Waals surface area contributed by atoms with Gasteiger partial charge in [-0.15, -0.1) is 0 Å². The molecule has 16 heavy (non-hydrogen) atoms. The molecule has 2 rings (SSSR count). The lowest BCUT2D eigenvalue weighted by Crippen LogP contribution is -2.56. The van der Waals surface area contributed by atoms with Crippen molar-refractivity contribution in [3.63, 3.8) is 0 Å². The Morgan fingerprint density at radius 2 is 2.00 bits per heavy atom. The molecule has 2 aliphatic heterocycles. The zero-order chi connectivity index (χ0) is 12.0. The van der Waals surface area contributed by atoms with Crippen LogP contribution in [0.4, 0.5) is 0 Å². The molecule has 0 unspecified atom stereocenters. The van der Waals surface area contributed by atoms with Crippen LogP contribution in [0, 0.1) is 10.8 Å². The fourth-order valence-corrected chi connectivity index (χ4v) is 2.96. The molecule has 0 saturated carbocycles. The van der Waals surface area contributed by atoms with Gasteiger partial charge in [-0.05, 0) is 27.3 Å². The minimum Gasteiger partial charge on any atom is -0.395 e. The number of nitrogens with zero attached hydrogens (tertiary/aromatic N) is 2. The molecule has 0 aromatic carbocycles.